The molecule has 0 heterocycles. The summed E-state index contributed by atoms with van der Waals surface area (Å²) in [5.41, 5.74) is 0. The van der Waals surface area contributed by atoms with Gasteiger partial charge in [-0.3, -0.25) is 0 Å². The molecule has 3 N–H and O–H groups in total. The lowest BCUT2D eigenvalue weighted by atomic mass is 10.7. The number of hydrogen-bond donors (Lipinski definition) is 3. The topological polar surface area (TPSA) is 97.6 Å². The molecule has 118 valence electrons. The van der Waals surface area contributed by atoms with Crippen LogP contribution < -0.4 is 0 Å². The summed E-state index contributed by atoms with van der Waals surface area (Å²) in [7, 11) is 0. The number of hydrogen-bond acceptors (Lipinski definition) is 7. The van der Waals surface area contributed by atoms with Crippen molar-refractivity contribution in [2.45, 2.75) is 6.92 Å². The van der Waals surface area contributed by atoms with Crippen molar-refractivity contribution in [1.29, 1.82) is 0 Å². The largest absolute Gasteiger partial charge is 0.394 e. The minimum Gasteiger partial charge on any atom is -0.394 e. The third-order valence-electron chi connectivity index (χ3n) is 1.66. The summed E-state index contributed by atoms with van der Waals surface area (Å²) >= 11 is 0. The molecule has 0 bridgehead atoms. The summed E-state index contributed by atoms with van der Waals surface area (Å²) in [5, 5.41) is 24.8. The molecule has 0 radical (unpaired) electrons. The zero-order valence-corrected chi connectivity index (χ0v) is 11.8. The van der Waals surface area contributed by atoms with E-state index in [9.17, 15) is 0 Å². The van der Waals surface area contributed by atoms with Crippen molar-refractivity contribution in [2.75, 3.05) is 72.7 Å². The van der Waals surface area contributed by atoms with Gasteiger partial charge in [0, 0.05) is 6.61 Å². The lowest BCUT2D eigenvalue weighted by Gasteiger charge is -2.04. The van der Waals surface area contributed by atoms with Crippen LogP contribution in [0.25, 0.3) is 0 Å². The molecule has 0 unspecified atom stereocenters. The Bertz CT molecular complexity index is 121. The Morgan fingerprint density at radius 3 is 1.11 bits per heavy atom. The number of aliphatic hydroxyl groups excluding tert-OH is 3. The smallest absolute Gasteiger partial charge is 0.0701 e. The van der Waals surface area contributed by atoms with Gasteiger partial charge in [-0.15, -0.1) is 0 Å². The molecule has 0 saturated heterocycles. The van der Waals surface area contributed by atoms with Gasteiger partial charge in [-0.2, -0.15) is 0 Å². The maximum absolute atomic E-state index is 8.36. The van der Waals surface area contributed by atoms with Crippen molar-refractivity contribution in [1.82, 2.24) is 0 Å². The van der Waals surface area contributed by atoms with Gasteiger partial charge in [0.2, 0.25) is 0 Å². The van der Waals surface area contributed by atoms with Crippen LogP contribution in [0.2, 0.25) is 0 Å². The molecule has 0 rings (SSSR count). The molecule has 0 aromatic heterocycles. The molecule has 0 fully saturated rings. The third-order valence-corrected chi connectivity index (χ3v) is 1.66. The Labute approximate surface area is 115 Å². The first-order chi connectivity index (χ1) is 9.33. The van der Waals surface area contributed by atoms with Gasteiger partial charge in [0.1, 0.15) is 0 Å². The van der Waals surface area contributed by atoms with Gasteiger partial charge in [-0.05, 0) is 6.92 Å². The normalized spacial score (nSPS) is 10.1. The molecule has 0 saturated carbocycles. The van der Waals surface area contributed by atoms with Gasteiger partial charge in [0.15, 0.2) is 0 Å². The van der Waals surface area contributed by atoms with Crippen molar-refractivity contribution in [3.05, 3.63) is 0 Å². The summed E-state index contributed by atoms with van der Waals surface area (Å²) in [6.45, 7) is 5.96. The standard InChI is InChI=1S/C8H18O5.C4H10O2/c9-1-3-11-5-7-13-8-6-12-4-2-10;1-2-6-4-3-5/h9-10H,1-8H2;5H,2-4H2,1H3. The summed E-state index contributed by atoms with van der Waals surface area (Å²) < 4.78 is 19.8. The second kappa shape index (κ2) is 22.9. The average Bonchev–Trinajstić information content (AvgIpc) is 2.44. The van der Waals surface area contributed by atoms with E-state index in [1.165, 1.54) is 0 Å². The highest BCUT2D eigenvalue weighted by Crippen LogP contribution is 1.80. The predicted octanol–water partition coefficient (Wildman–Crippen LogP) is -0.964. The molecule has 0 aliphatic heterocycles. The Balaban J connectivity index is 0. The van der Waals surface area contributed by atoms with Crippen LogP contribution in [0.4, 0.5) is 0 Å². The van der Waals surface area contributed by atoms with E-state index in [-0.39, 0.29) is 19.8 Å². The van der Waals surface area contributed by atoms with E-state index < -0.39 is 0 Å². The van der Waals surface area contributed by atoms with Crippen LogP contribution in [0, 0.1) is 0 Å². The molecule has 0 aliphatic carbocycles. The van der Waals surface area contributed by atoms with Crippen LogP contribution in [0.3, 0.4) is 0 Å². The molecule has 7 heteroatoms. The van der Waals surface area contributed by atoms with Crippen molar-refractivity contribution in [2.24, 2.45) is 0 Å². The molecule has 0 amide bonds. The van der Waals surface area contributed by atoms with Crippen LogP contribution in [-0.2, 0) is 18.9 Å². The quantitative estimate of drug-likeness (QED) is 0.375. The van der Waals surface area contributed by atoms with Gasteiger partial charge >= 0.3 is 0 Å². The molecular formula is C12H28O7. The molecule has 19 heavy (non-hydrogen) atoms. The minimum atomic E-state index is 0.0413. The minimum absolute atomic E-state index is 0.0413. The van der Waals surface area contributed by atoms with Crippen molar-refractivity contribution >= 4 is 0 Å². The van der Waals surface area contributed by atoms with E-state index in [1.807, 2.05) is 6.92 Å². The van der Waals surface area contributed by atoms with Gasteiger partial charge in [-0.1, -0.05) is 0 Å². The Hall–Kier alpha value is -0.280. The average molecular weight is 284 g/mol. The first-order valence-electron chi connectivity index (χ1n) is 6.47. The molecule has 0 aromatic rings. The summed E-state index contributed by atoms with van der Waals surface area (Å²) in [5.74, 6) is 0. The SMILES string of the molecule is CCOCCO.OCCOCCOCCOCCO. The van der Waals surface area contributed by atoms with Gasteiger partial charge in [0.05, 0.1) is 66.1 Å². The van der Waals surface area contributed by atoms with Crippen LogP contribution in [0.5, 0.6) is 0 Å². The molecule has 0 aromatic carbocycles. The molecule has 0 aliphatic rings. The fourth-order valence-electron chi connectivity index (χ4n) is 0.880. The fourth-order valence-corrected chi connectivity index (χ4v) is 0.880. The summed E-state index contributed by atoms with van der Waals surface area (Å²) in [6, 6.07) is 0. The van der Waals surface area contributed by atoms with Crippen LogP contribution in [0.15, 0.2) is 0 Å². The maximum atomic E-state index is 8.36. The van der Waals surface area contributed by atoms with E-state index >= 15 is 0 Å². The van der Waals surface area contributed by atoms with Gasteiger partial charge in [-0.25, -0.2) is 0 Å². The molecule has 0 spiro atoms. The number of rotatable bonds is 13. The first kappa shape index (κ1) is 21.0. The third kappa shape index (κ3) is 27.1. The highest BCUT2D eigenvalue weighted by atomic mass is 16.5. The van der Waals surface area contributed by atoms with Crippen molar-refractivity contribution < 1.29 is 34.3 Å². The molecular weight excluding hydrogens is 256 g/mol. The first-order valence-corrected chi connectivity index (χ1v) is 6.47. The second-order valence-electron chi connectivity index (χ2n) is 3.20. The molecule has 7 nitrogen and oxygen atoms in total. The van der Waals surface area contributed by atoms with E-state index in [0.29, 0.717) is 52.9 Å². The lowest BCUT2D eigenvalue weighted by Crippen LogP contribution is -2.11. The monoisotopic (exact) mass is 284 g/mol. The summed E-state index contributed by atoms with van der Waals surface area (Å²) in [4.78, 5) is 0. The lowest BCUT2D eigenvalue weighted by molar-refractivity contribution is 0.00230. The van der Waals surface area contributed by atoms with E-state index in [4.69, 9.17) is 34.3 Å². The number of ether oxygens (including phenoxy) is 4. The van der Waals surface area contributed by atoms with E-state index in [0.717, 1.165) is 0 Å². The van der Waals surface area contributed by atoms with Gasteiger partial charge in [0.25, 0.3) is 0 Å². The highest BCUT2D eigenvalue weighted by Gasteiger charge is 1.89. The second-order valence-corrected chi connectivity index (χ2v) is 3.20. The summed E-state index contributed by atoms with van der Waals surface area (Å²) in [6.07, 6.45) is 0. The molecule has 0 atom stereocenters. The van der Waals surface area contributed by atoms with E-state index in [2.05, 4.69) is 0 Å². The Morgan fingerprint density at radius 2 is 0.842 bits per heavy atom. The Morgan fingerprint density at radius 1 is 0.526 bits per heavy atom. The van der Waals surface area contributed by atoms with Crippen molar-refractivity contribution in [3.8, 4) is 0 Å². The fraction of sp³-hybridized carbons (Fsp3) is 1.00. The van der Waals surface area contributed by atoms with Crippen LogP contribution in [0.1, 0.15) is 6.92 Å². The highest BCUT2D eigenvalue weighted by molar-refractivity contribution is 4.33. The van der Waals surface area contributed by atoms with E-state index in [1.54, 1.807) is 0 Å². The Kier molecular flexibility index (Phi) is 25.3. The maximum Gasteiger partial charge on any atom is 0.0701 e. The van der Waals surface area contributed by atoms with Crippen LogP contribution >= 0.6 is 0 Å². The van der Waals surface area contributed by atoms with Gasteiger partial charge < -0.3 is 34.3 Å². The predicted molar refractivity (Wildman–Crippen MR) is 70.2 cm³/mol. The van der Waals surface area contributed by atoms with Crippen molar-refractivity contribution in [3.63, 3.8) is 0 Å². The zero-order chi connectivity index (χ0) is 14.6. The zero-order valence-electron chi connectivity index (χ0n) is 11.8. The van der Waals surface area contributed by atoms with Crippen LogP contribution in [-0.4, -0.2) is 88.0 Å². The number of aliphatic hydroxyl groups is 3.